The van der Waals surface area contributed by atoms with E-state index in [0.29, 0.717) is 5.75 Å². The van der Waals surface area contributed by atoms with E-state index >= 15 is 0 Å². The van der Waals surface area contributed by atoms with Crippen LogP contribution in [0.25, 0.3) is 50.1 Å². The fourth-order valence-corrected chi connectivity index (χ4v) is 11.2. The summed E-state index contributed by atoms with van der Waals surface area (Å²) in [4.78, 5) is 2.39. The summed E-state index contributed by atoms with van der Waals surface area (Å²) < 4.78 is 14.1. The third kappa shape index (κ3) is 5.34. The number of hydrogen-bond donors (Lipinski definition) is 0. The monoisotopic (exact) mass is 819 g/mol. The molecule has 3 heteroatoms. The van der Waals surface area contributed by atoms with Crippen LogP contribution in [0.1, 0.15) is 28.7 Å². The van der Waals surface area contributed by atoms with E-state index in [1.807, 2.05) is 6.07 Å². The van der Waals surface area contributed by atoms with Gasteiger partial charge in [0.15, 0.2) is 23.0 Å². The Balaban J connectivity index is 0.912. The van der Waals surface area contributed by atoms with Crippen LogP contribution in [0, 0.1) is 5.92 Å². The molecular weight excluding hydrogens is 779 g/mol. The zero-order valence-corrected chi connectivity index (χ0v) is 35.0. The van der Waals surface area contributed by atoms with E-state index in [1.54, 1.807) is 0 Å². The lowest BCUT2D eigenvalue weighted by molar-refractivity contribution is 0.361. The molecule has 3 aliphatic carbocycles. The molecule has 2 unspecified atom stereocenters. The molecule has 0 saturated carbocycles. The van der Waals surface area contributed by atoms with Crippen LogP contribution in [0.15, 0.2) is 231 Å². The molecule has 302 valence electrons. The zero-order valence-electron chi connectivity index (χ0n) is 35.0. The van der Waals surface area contributed by atoms with Gasteiger partial charge >= 0.3 is 0 Å². The van der Waals surface area contributed by atoms with E-state index in [4.69, 9.17) is 9.47 Å². The van der Waals surface area contributed by atoms with Gasteiger partial charge in [0.05, 0.1) is 16.8 Å². The van der Waals surface area contributed by atoms with Crippen molar-refractivity contribution in [2.75, 3.05) is 4.90 Å². The third-order valence-corrected chi connectivity index (χ3v) is 13.8. The van der Waals surface area contributed by atoms with Gasteiger partial charge in [0.2, 0.25) is 0 Å². The summed E-state index contributed by atoms with van der Waals surface area (Å²) in [5.74, 6) is 3.24. The van der Waals surface area contributed by atoms with Crippen molar-refractivity contribution >= 4 is 22.6 Å². The van der Waals surface area contributed by atoms with Gasteiger partial charge in [-0.25, -0.2) is 0 Å². The van der Waals surface area contributed by atoms with Gasteiger partial charge < -0.3 is 14.4 Å². The van der Waals surface area contributed by atoms with Crippen molar-refractivity contribution in [1.29, 1.82) is 0 Å². The summed E-state index contributed by atoms with van der Waals surface area (Å²) in [7, 11) is 0. The minimum Gasteiger partial charge on any atom is -0.449 e. The number of nitrogens with zero attached hydrogens (tertiary/aromatic N) is 1. The Hall–Kier alpha value is -8.14. The number of fused-ring (bicyclic) bond motifs is 13. The largest absolute Gasteiger partial charge is 0.449 e. The highest BCUT2D eigenvalue weighted by molar-refractivity contribution is 5.97. The fraction of sp³-hybridized carbons (Fsp3) is 0.0492. The highest BCUT2D eigenvalue weighted by atomic mass is 16.6. The molecule has 0 aromatic heterocycles. The lowest BCUT2D eigenvalue weighted by Gasteiger charge is -2.36. The summed E-state index contributed by atoms with van der Waals surface area (Å²) in [6.45, 7) is 0. The molecule has 0 bridgehead atoms. The minimum atomic E-state index is -0.321. The van der Waals surface area contributed by atoms with Gasteiger partial charge in [-0.1, -0.05) is 194 Å². The first kappa shape index (κ1) is 36.5. The number of allylic oxidation sites excluding steroid dienone is 4. The maximum atomic E-state index is 7.09. The molecule has 0 radical (unpaired) electrons. The average molecular weight is 820 g/mol. The number of rotatable bonds is 6. The summed E-state index contributed by atoms with van der Waals surface area (Å²) in [6, 6.07) is 76.2. The van der Waals surface area contributed by atoms with Crippen LogP contribution >= 0.6 is 0 Å². The first-order chi connectivity index (χ1) is 31.8. The van der Waals surface area contributed by atoms with Gasteiger partial charge in [-0.05, 0) is 92.9 Å². The van der Waals surface area contributed by atoms with Gasteiger partial charge in [-0.3, -0.25) is 0 Å². The van der Waals surface area contributed by atoms with Gasteiger partial charge in [0.25, 0.3) is 0 Å². The van der Waals surface area contributed by atoms with E-state index in [2.05, 4.69) is 229 Å². The van der Waals surface area contributed by atoms with Crippen molar-refractivity contribution in [2.45, 2.75) is 11.8 Å². The second kappa shape index (κ2) is 14.5. The Labute approximate surface area is 373 Å². The molecule has 1 spiro atoms. The molecule has 2 atom stereocenters. The van der Waals surface area contributed by atoms with E-state index in [0.717, 1.165) is 79.7 Å². The quantitative estimate of drug-likeness (QED) is 0.167. The lowest BCUT2D eigenvalue weighted by Crippen LogP contribution is -2.32. The second-order valence-electron chi connectivity index (χ2n) is 17.0. The van der Waals surface area contributed by atoms with Crippen LogP contribution in [-0.4, -0.2) is 0 Å². The average Bonchev–Trinajstić information content (AvgIpc) is 3.84. The molecule has 0 N–H and O–H groups in total. The first-order valence-corrected chi connectivity index (χ1v) is 22.2. The Morgan fingerprint density at radius 1 is 0.406 bits per heavy atom. The summed E-state index contributed by atoms with van der Waals surface area (Å²) >= 11 is 0. The molecule has 9 aromatic rings. The van der Waals surface area contributed by atoms with E-state index in [9.17, 15) is 0 Å². The number of benzene rings is 9. The molecule has 0 saturated heterocycles. The Morgan fingerprint density at radius 3 is 1.62 bits per heavy atom. The zero-order chi connectivity index (χ0) is 42.2. The number of ether oxygens (including phenoxy) is 2. The van der Waals surface area contributed by atoms with Gasteiger partial charge in [-0.15, -0.1) is 0 Å². The molecule has 1 aliphatic heterocycles. The van der Waals surface area contributed by atoms with Crippen molar-refractivity contribution in [3.8, 4) is 67.5 Å². The molecule has 9 aromatic carbocycles. The van der Waals surface area contributed by atoms with Gasteiger partial charge in [-0.2, -0.15) is 0 Å². The van der Waals surface area contributed by atoms with Crippen LogP contribution in [0.3, 0.4) is 0 Å². The summed E-state index contributed by atoms with van der Waals surface area (Å²) in [5, 5.41) is 0. The number of para-hydroxylation sites is 3. The number of hydrogen-bond acceptors (Lipinski definition) is 3. The minimum absolute atomic E-state index is 0.288. The first-order valence-electron chi connectivity index (χ1n) is 22.2. The van der Waals surface area contributed by atoms with E-state index in [1.165, 1.54) is 33.4 Å². The van der Waals surface area contributed by atoms with Gasteiger partial charge in [0.1, 0.15) is 0 Å². The second-order valence-corrected chi connectivity index (χ2v) is 17.0. The molecule has 13 rings (SSSR count). The smallest absolute Gasteiger partial charge is 0.178 e. The summed E-state index contributed by atoms with van der Waals surface area (Å²) in [6.07, 6.45) is 7.86. The maximum absolute atomic E-state index is 7.09. The predicted molar refractivity (Wildman–Crippen MR) is 261 cm³/mol. The maximum Gasteiger partial charge on any atom is 0.178 e. The number of anilines is 3. The van der Waals surface area contributed by atoms with E-state index in [-0.39, 0.29) is 11.3 Å². The Morgan fingerprint density at radius 2 is 0.938 bits per heavy atom. The predicted octanol–water partition coefficient (Wildman–Crippen LogP) is 16.3. The molecule has 0 amide bonds. The van der Waals surface area contributed by atoms with Crippen LogP contribution in [0.5, 0.6) is 23.0 Å². The molecule has 64 heavy (non-hydrogen) atoms. The molecule has 1 heterocycles. The highest BCUT2D eigenvalue weighted by Gasteiger charge is 2.57. The SMILES string of the molecule is C1=CCC2C(=C1)c1ccccc1C21c2ccccc2-c2c1ccc1c2Oc2cccc(-c3ccc(N(c4ccccc4-c4ccccc4)c4ccccc4-c4ccccc4)cc3)c2O1. The van der Waals surface area contributed by atoms with Crippen molar-refractivity contribution in [1.82, 2.24) is 0 Å². The Bertz CT molecular complexity index is 3280. The molecule has 4 aliphatic rings. The van der Waals surface area contributed by atoms with Crippen LogP contribution in [0.2, 0.25) is 0 Å². The van der Waals surface area contributed by atoms with Crippen molar-refractivity contribution in [2.24, 2.45) is 5.92 Å². The summed E-state index contributed by atoms with van der Waals surface area (Å²) in [5.41, 5.74) is 18.7. The van der Waals surface area contributed by atoms with Crippen LogP contribution in [0.4, 0.5) is 17.1 Å². The van der Waals surface area contributed by atoms with E-state index < -0.39 is 0 Å². The third-order valence-electron chi connectivity index (χ3n) is 13.8. The molecular formula is C61H41NO2. The molecule has 3 nitrogen and oxygen atoms in total. The topological polar surface area (TPSA) is 21.7 Å². The van der Waals surface area contributed by atoms with Crippen LogP contribution in [-0.2, 0) is 5.41 Å². The fourth-order valence-electron chi connectivity index (χ4n) is 11.2. The standard InChI is InChI=1S/C61H41NO2/c1-3-18-40(19-4-1)44-22-10-15-31-54(44)62(55-32-16-11-23-45(55)41-20-5-2-6-21-41)43-36-34-42(35-37-43)46-27-17-33-56-59(46)63-57-39-38-53-58(60(57)64-56)49-26-9-14-30-52(49)61(53)50-28-12-7-24-47(50)48-25-8-13-29-51(48)61/h1-28,30-39,51H,29H2. The lowest BCUT2D eigenvalue weighted by atomic mass is 9.65. The van der Waals surface area contributed by atoms with Crippen molar-refractivity contribution < 1.29 is 9.47 Å². The normalized spacial score (nSPS) is 16.9. The van der Waals surface area contributed by atoms with Crippen molar-refractivity contribution in [3.63, 3.8) is 0 Å². The van der Waals surface area contributed by atoms with Crippen molar-refractivity contribution in [3.05, 3.63) is 253 Å². The molecule has 0 fully saturated rings. The van der Waals surface area contributed by atoms with Gasteiger partial charge in [0, 0.05) is 33.9 Å². The Kier molecular flexibility index (Phi) is 8.26. The highest BCUT2D eigenvalue weighted by Crippen LogP contribution is 2.68. The van der Waals surface area contributed by atoms with Crippen LogP contribution < -0.4 is 14.4 Å².